The van der Waals surface area contributed by atoms with Crippen LogP contribution in [0.1, 0.15) is 18.9 Å². The summed E-state index contributed by atoms with van der Waals surface area (Å²) in [5.74, 6) is -2.12. The number of benzene rings is 4. The summed E-state index contributed by atoms with van der Waals surface area (Å²) in [6.45, 7) is -0.158. The molecule has 1 aliphatic heterocycles. The molecule has 1 fully saturated rings. The Morgan fingerprint density at radius 1 is 1.00 bits per heavy atom. The van der Waals surface area contributed by atoms with Gasteiger partial charge in [-0.25, -0.2) is 4.79 Å². The van der Waals surface area contributed by atoms with Crippen molar-refractivity contribution in [2.75, 3.05) is 19.4 Å². The van der Waals surface area contributed by atoms with Gasteiger partial charge in [-0.3, -0.25) is 9.36 Å². The van der Waals surface area contributed by atoms with E-state index in [9.17, 15) is 44.6 Å². The summed E-state index contributed by atoms with van der Waals surface area (Å²) >= 11 is 0. The molecule has 0 saturated carbocycles. The van der Waals surface area contributed by atoms with Gasteiger partial charge in [-0.15, -0.1) is 0 Å². The first-order valence-electron chi connectivity index (χ1n) is 13.9. The molecule has 4 aromatic rings. The molecule has 230 valence electrons. The fraction of sp³-hybridized carbons (Fsp3) is 0.400. The molecule has 8 N–H and O–H groups in total. The minimum Gasteiger partial charge on any atom is -0.479 e. The highest BCUT2D eigenvalue weighted by Gasteiger charge is 2.43. The van der Waals surface area contributed by atoms with Crippen LogP contribution < -0.4 is 10.6 Å². The van der Waals surface area contributed by atoms with Crippen molar-refractivity contribution in [3.8, 4) is 0 Å². The van der Waals surface area contributed by atoms with E-state index in [-0.39, 0.29) is 12.8 Å². The summed E-state index contributed by atoms with van der Waals surface area (Å²) in [6.07, 6.45) is -5.23. The monoisotopic (exact) mass is 614 g/mol. The van der Waals surface area contributed by atoms with Crippen molar-refractivity contribution in [3.05, 3.63) is 60.2 Å². The number of carbonyl (C=O) groups is 2. The van der Waals surface area contributed by atoms with E-state index in [0.29, 0.717) is 5.56 Å². The number of aliphatic hydroxyl groups excluding tert-OH is 4. The number of carboxylic acids is 1. The van der Waals surface area contributed by atoms with Crippen LogP contribution in [-0.2, 0) is 25.1 Å². The van der Waals surface area contributed by atoms with Crippen LogP contribution in [0.3, 0.4) is 0 Å². The molecule has 1 amide bonds. The smallest absolute Gasteiger partial charge is 0.331 e. The Morgan fingerprint density at radius 3 is 2.23 bits per heavy atom. The average molecular weight is 615 g/mol. The topological polar surface area (TPSA) is 206 Å². The second-order valence-corrected chi connectivity index (χ2v) is 13.4. The number of hydrogen-bond acceptors (Lipinski definition) is 9. The summed E-state index contributed by atoms with van der Waals surface area (Å²) in [4.78, 5) is 35.6. The number of carbonyl (C=O) groups excluding carboxylic acids is 1. The van der Waals surface area contributed by atoms with Crippen molar-refractivity contribution in [1.29, 1.82) is 0 Å². The molecule has 1 saturated heterocycles. The van der Waals surface area contributed by atoms with Crippen molar-refractivity contribution < 1.29 is 49.1 Å². The van der Waals surface area contributed by atoms with Crippen molar-refractivity contribution >= 4 is 51.8 Å². The zero-order valence-corrected chi connectivity index (χ0v) is 24.3. The van der Waals surface area contributed by atoms with Gasteiger partial charge < -0.3 is 45.6 Å². The Hall–Kier alpha value is -3.19. The van der Waals surface area contributed by atoms with Gasteiger partial charge >= 0.3 is 13.6 Å². The maximum absolute atomic E-state index is 13.1. The molecule has 0 spiro atoms. The first-order chi connectivity index (χ1) is 20.3. The Kier molecular flexibility index (Phi) is 8.77. The van der Waals surface area contributed by atoms with E-state index in [2.05, 4.69) is 10.6 Å². The van der Waals surface area contributed by atoms with Gasteiger partial charge in [0.25, 0.3) is 0 Å². The Labute approximate surface area is 246 Å². The average Bonchev–Trinajstić information content (AvgIpc) is 3.23. The van der Waals surface area contributed by atoms with Gasteiger partial charge in [0.15, 0.2) is 5.54 Å². The summed E-state index contributed by atoms with van der Waals surface area (Å²) in [5.41, 5.74) is -1.38. The third-order valence-corrected chi connectivity index (χ3v) is 9.59. The molecule has 2 unspecified atom stereocenters. The van der Waals surface area contributed by atoms with Crippen LogP contribution in [0.2, 0.25) is 0 Å². The molecule has 5 rings (SSSR count). The van der Waals surface area contributed by atoms with Crippen molar-refractivity contribution in [1.82, 2.24) is 10.6 Å². The number of rotatable bonds is 12. The van der Waals surface area contributed by atoms with Gasteiger partial charge in [-0.1, -0.05) is 54.6 Å². The van der Waals surface area contributed by atoms with E-state index in [1.54, 1.807) is 0 Å². The Balaban J connectivity index is 1.24. The van der Waals surface area contributed by atoms with E-state index in [0.717, 1.165) is 39.2 Å². The highest BCUT2D eigenvalue weighted by molar-refractivity contribution is 7.52. The zero-order valence-electron chi connectivity index (χ0n) is 23.4. The molecular formula is C30H35N2O10P. The van der Waals surface area contributed by atoms with Crippen molar-refractivity contribution in [2.45, 2.75) is 55.7 Å². The number of aliphatic hydroxyl groups is 4. The standard InChI is InChI=1S/C30H35N2O10P/c1-30(29(38)39,15-42-43(40,41)14-20(34)12-22-27(36)28(37)23(13-33)31-22)32-24(35)11-19-8-7-18-6-5-16-3-2-4-17-9-10-21(19)26(18)25(16)17/h2-10,20,22-23,27-28,31,33-34,36-37H,11-15H2,1H3,(H,32,35)(H,38,39)(H,40,41)/t20-,22-,23-,27-,28-,30?/m1/s1. The maximum atomic E-state index is 13.1. The van der Waals surface area contributed by atoms with Crippen molar-refractivity contribution in [3.63, 3.8) is 0 Å². The maximum Gasteiger partial charge on any atom is 0.331 e. The van der Waals surface area contributed by atoms with Crippen LogP contribution >= 0.6 is 7.60 Å². The van der Waals surface area contributed by atoms with Gasteiger partial charge in [0.05, 0.1) is 50.2 Å². The van der Waals surface area contributed by atoms with E-state index in [1.165, 1.54) is 0 Å². The summed E-state index contributed by atoms with van der Waals surface area (Å²) < 4.78 is 17.8. The van der Waals surface area contributed by atoms with E-state index >= 15 is 0 Å². The first-order valence-corrected chi connectivity index (χ1v) is 15.7. The molecule has 0 aliphatic carbocycles. The second kappa shape index (κ2) is 12.1. The molecule has 0 aromatic heterocycles. The Bertz CT molecular complexity index is 1680. The third-order valence-electron chi connectivity index (χ3n) is 8.18. The lowest BCUT2D eigenvalue weighted by atomic mass is 9.91. The van der Waals surface area contributed by atoms with E-state index < -0.39 is 74.8 Å². The molecule has 0 radical (unpaired) electrons. The first kappa shape index (κ1) is 31.2. The highest BCUT2D eigenvalue weighted by Crippen LogP contribution is 2.44. The van der Waals surface area contributed by atoms with Gasteiger partial charge in [0.1, 0.15) is 0 Å². The largest absolute Gasteiger partial charge is 0.479 e. The summed E-state index contributed by atoms with van der Waals surface area (Å²) in [7, 11) is -4.56. The molecule has 0 bridgehead atoms. The highest BCUT2D eigenvalue weighted by atomic mass is 31.2. The second-order valence-electron chi connectivity index (χ2n) is 11.5. The normalized spacial score (nSPS) is 24.2. The molecule has 1 aliphatic rings. The molecule has 4 aromatic carbocycles. The molecule has 1 heterocycles. The zero-order chi connectivity index (χ0) is 31.1. The molecular weight excluding hydrogens is 579 g/mol. The minimum atomic E-state index is -4.56. The lowest BCUT2D eigenvalue weighted by Gasteiger charge is -2.28. The number of hydrogen-bond donors (Lipinski definition) is 8. The summed E-state index contributed by atoms with van der Waals surface area (Å²) in [5, 5.41) is 60.7. The Morgan fingerprint density at radius 2 is 1.60 bits per heavy atom. The number of aliphatic carboxylic acids is 1. The minimum absolute atomic E-state index is 0.149. The third kappa shape index (κ3) is 6.38. The van der Waals surface area contributed by atoms with Gasteiger partial charge in [-0.2, -0.15) is 0 Å². The molecule has 43 heavy (non-hydrogen) atoms. The quantitative estimate of drug-likeness (QED) is 0.0838. The van der Waals surface area contributed by atoms with Gasteiger partial charge in [0, 0.05) is 6.04 Å². The predicted octanol–water partition coefficient (Wildman–Crippen LogP) is 1.09. The SMILES string of the molecule is CC(COP(=O)(O)C[C@H](O)C[C@H]1N[C@H](CO)[C@@H](O)[C@@H]1O)(NC(=O)Cc1ccc2ccc3cccc4ccc1c2c34)C(=O)O. The van der Waals surface area contributed by atoms with Crippen molar-refractivity contribution in [2.24, 2.45) is 0 Å². The van der Waals surface area contributed by atoms with E-state index in [4.69, 9.17) is 4.52 Å². The fourth-order valence-corrected chi connectivity index (χ4v) is 7.11. The van der Waals surface area contributed by atoms with Crippen LogP contribution in [0.5, 0.6) is 0 Å². The van der Waals surface area contributed by atoms with E-state index in [1.807, 2.05) is 54.6 Å². The lowest BCUT2D eigenvalue weighted by Crippen LogP contribution is -2.55. The van der Waals surface area contributed by atoms with Crippen LogP contribution in [0, 0.1) is 0 Å². The predicted molar refractivity (Wildman–Crippen MR) is 159 cm³/mol. The van der Waals surface area contributed by atoms with Crippen LogP contribution in [0.25, 0.3) is 32.3 Å². The summed E-state index contributed by atoms with van der Waals surface area (Å²) in [6, 6.07) is 16.0. The number of nitrogens with one attached hydrogen (secondary N) is 2. The molecule has 13 heteroatoms. The molecule has 7 atom stereocenters. The molecule has 12 nitrogen and oxygen atoms in total. The van der Waals surface area contributed by atoms with Gasteiger partial charge in [0.2, 0.25) is 5.91 Å². The lowest BCUT2D eigenvalue weighted by molar-refractivity contribution is -0.148. The number of carboxylic acid groups (broad SMARTS) is 1. The van der Waals surface area contributed by atoms with Gasteiger partial charge in [-0.05, 0) is 51.2 Å². The van der Waals surface area contributed by atoms with Crippen LogP contribution in [0.15, 0.2) is 54.6 Å². The van der Waals surface area contributed by atoms with Crippen LogP contribution in [0.4, 0.5) is 0 Å². The van der Waals surface area contributed by atoms with Crippen LogP contribution in [-0.4, -0.2) is 97.6 Å². The fourth-order valence-electron chi connectivity index (χ4n) is 5.86. The number of amides is 1.